The molecule has 1 saturated carbocycles. The van der Waals surface area contributed by atoms with Crippen molar-refractivity contribution in [1.82, 2.24) is 9.80 Å². The van der Waals surface area contributed by atoms with Gasteiger partial charge in [0, 0.05) is 31.0 Å². The van der Waals surface area contributed by atoms with Gasteiger partial charge in [0.15, 0.2) is 0 Å². The van der Waals surface area contributed by atoms with Gasteiger partial charge < -0.3 is 20.0 Å². The normalized spacial score (nSPS) is 34.0. The summed E-state index contributed by atoms with van der Waals surface area (Å²) in [6.07, 6.45) is 10.7. The summed E-state index contributed by atoms with van der Waals surface area (Å²) < 4.78 is -0.632. The Morgan fingerprint density at radius 3 is 2.59 bits per heavy atom. The second-order valence-electron chi connectivity index (χ2n) is 9.78. The number of amides is 2. The first-order chi connectivity index (χ1) is 15.5. The van der Waals surface area contributed by atoms with Gasteiger partial charge in [0.1, 0.15) is 6.04 Å². The summed E-state index contributed by atoms with van der Waals surface area (Å²) in [7, 11) is 0. The molecule has 3 heterocycles. The number of hydrogen-bond donors (Lipinski definition) is 2. The van der Waals surface area contributed by atoms with Crippen LogP contribution in [0.1, 0.15) is 64.2 Å². The number of fused-ring (bicyclic) bond motifs is 1. The maximum absolute atomic E-state index is 14.2. The molecule has 4 fully saturated rings. The second kappa shape index (κ2) is 9.75. The number of carbonyl (C=O) groups is 3. The van der Waals surface area contributed by atoms with E-state index in [0.29, 0.717) is 25.9 Å². The fourth-order valence-corrected chi connectivity index (χ4v) is 8.84. The SMILES string of the molecule is C=CCN(C(=O)C1N(CCCCCO)C(=O)[C@@H]2[C@@H](C(=O)O)[C@H]3CCC12S3)C1CCCCC1. The quantitative estimate of drug-likeness (QED) is 0.381. The van der Waals surface area contributed by atoms with Gasteiger partial charge in [-0.25, -0.2) is 0 Å². The fraction of sp³-hybridized carbons (Fsp3) is 0.792. The minimum absolute atomic E-state index is 0.0194. The van der Waals surface area contributed by atoms with Crippen molar-refractivity contribution in [3.63, 3.8) is 0 Å². The molecule has 0 aromatic heterocycles. The van der Waals surface area contributed by atoms with Gasteiger partial charge in [-0.2, -0.15) is 0 Å². The zero-order valence-electron chi connectivity index (χ0n) is 18.8. The first kappa shape index (κ1) is 23.6. The average Bonchev–Trinajstić information content (AvgIpc) is 3.43. The van der Waals surface area contributed by atoms with E-state index in [9.17, 15) is 19.5 Å². The van der Waals surface area contributed by atoms with Crippen LogP contribution in [0.15, 0.2) is 12.7 Å². The van der Waals surface area contributed by atoms with Crippen LogP contribution in [-0.2, 0) is 14.4 Å². The predicted octanol–water partition coefficient (Wildman–Crippen LogP) is 2.67. The van der Waals surface area contributed by atoms with Crippen LogP contribution in [0.5, 0.6) is 0 Å². The van der Waals surface area contributed by atoms with Gasteiger partial charge in [-0.15, -0.1) is 18.3 Å². The number of likely N-dealkylation sites (tertiary alicyclic amines) is 1. The molecule has 32 heavy (non-hydrogen) atoms. The zero-order valence-corrected chi connectivity index (χ0v) is 19.6. The van der Waals surface area contributed by atoms with Crippen molar-refractivity contribution in [3.8, 4) is 0 Å². The third-order valence-electron chi connectivity index (χ3n) is 8.00. The molecule has 0 aromatic carbocycles. The molecule has 5 atom stereocenters. The first-order valence-electron chi connectivity index (χ1n) is 12.2. The maximum Gasteiger partial charge on any atom is 0.308 e. The predicted molar refractivity (Wildman–Crippen MR) is 123 cm³/mol. The largest absolute Gasteiger partial charge is 0.481 e. The summed E-state index contributed by atoms with van der Waals surface area (Å²) in [5.74, 6) is -2.41. The molecular formula is C24H36N2O5S. The number of rotatable bonds is 10. The van der Waals surface area contributed by atoms with E-state index in [1.165, 1.54) is 6.42 Å². The number of carbonyl (C=O) groups excluding carboxylic acids is 2. The lowest BCUT2D eigenvalue weighted by Crippen LogP contribution is -2.57. The molecule has 178 valence electrons. The first-order valence-corrected chi connectivity index (χ1v) is 13.1. The molecule has 4 aliphatic rings. The van der Waals surface area contributed by atoms with Gasteiger partial charge in [-0.1, -0.05) is 25.3 Å². The highest BCUT2D eigenvalue weighted by atomic mass is 32.2. The number of aliphatic hydroxyl groups excluding tert-OH is 1. The van der Waals surface area contributed by atoms with Gasteiger partial charge in [0.05, 0.1) is 16.6 Å². The number of thioether (sulfide) groups is 1. The molecule has 1 spiro atoms. The maximum atomic E-state index is 14.2. The van der Waals surface area contributed by atoms with Gasteiger partial charge in [0.2, 0.25) is 11.8 Å². The van der Waals surface area contributed by atoms with E-state index in [1.807, 2.05) is 4.90 Å². The standard InChI is InChI=1S/C24H36N2O5S/c1-2-13-25(16-9-5-3-6-10-16)22(29)20-24-12-11-17(32-24)18(23(30)31)19(24)21(28)26(20)14-7-4-8-15-27/h2,16-20,27H,1,3-15H2,(H,30,31)/t17-,18+,19+,20?,24?/m1/s1. The number of carboxylic acid groups (broad SMARTS) is 1. The van der Waals surface area contributed by atoms with E-state index < -0.39 is 28.6 Å². The third kappa shape index (κ3) is 3.87. The Balaban J connectivity index is 1.66. The van der Waals surface area contributed by atoms with Gasteiger partial charge >= 0.3 is 5.97 Å². The topological polar surface area (TPSA) is 98.2 Å². The van der Waals surface area contributed by atoms with Crippen molar-refractivity contribution in [2.24, 2.45) is 11.8 Å². The Bertz CT molecular complexity index is 755. The molecule has 2 N–H and O–H groups in total. The Labute approximate surface area is 194 Å². The minimum atomic E-state index is -0.911. The molecule has 2 amide bonds. The molecule has 4 rings (SSSR count). The molecule has 0 radical (unpaired) electrons. The van der Waals surface area contributed by atoms with Crippen LogP contribution in [0.25, 0.3) is 0 Å². The summed E-state index contributed by atoms with van der Waals surface area (Å²) in [6.45, 7) is 4.89. The number of hydrogen-bond acceptors (Lipinski definition) is 5. The highest BCUT2D eigenvalue weighted by Gasteiger charge is 2.74. The summed E-state index contributed by atoms with van der Waals surface area (Å²) in [6, 6.07) is -0.440. The van der Waals surface area contributed by atoms with Crippen molar-refractivity contribution in [1.29, 1.82) is 0 Å². The lowest BCUT2D eigenvalue weighted by atomic mass is 9.71. The Kier molecular flexibility index (Phi) is 7.20. The fourth-order valence-electron chi connectivity index (χ4n) is 6.63. The van der Waals surface area contributed by atoms with Crippen LogP contribution >= 0.6 is 11.8 Å². The van der Waals surface area contributed by atoms with Crippen LogP contribution in [0.3, 0.4) is 0 Å². The van der Waals surface area contributed by atoms with Crippen molar-refractivity contribution >= 4 is 29.5 Å². The average molecular weight is 465 g/mol. The molecule has 2 bridgehead atoms. The van der Waals surface area contributed by atoms with Crippen LogP contribution < -0.4 is 0 Å². The highest BCUT2D eigenvalue weighted by Crippen LogP contribution is 2.66. The molecule has 1 aliphatic carbocycles. The Hall–Kier alpha value is -1.54. The number of aliphatic hydroxyl groups is 1. The van der Waals surface area contributed by atoms with Crippen molar-refractivity contribution in [3.05, 3.63) is 12.7 Å². The van der Waals surface area contributed by atoms with Crippen molar-refractivity contribution < 1.29 is 24.6 Å². The van der Waals surface area contributed by atoms with E-state index in [0.717, 1.165) is 44.9 Å². The number of aliphatic carboxylic acids is 1. The van der Waals surface area contributed by atoms with Crippen LogP contribution in [0.4, 0.5) is 0 Å². The third-order valence-corrected chi connectivity index (χ3v) is 9.95. The van der Waals surface area contributed by atoms with E-state index in [2.05, 4.69) is 6.58 Å². The van der Waals surface area contributed by atoms with E-state index in [4.69, 9.17) is 5.11 Å². The van der Waals surface area contributed by atoms with Crippen LogP contribution in [0.2, 0.25) is 0 Å². The smallest absolute Gasteiger partial charge is 0.308 e. The Morgan fingerprint density at radius 1 is 1.19 bits per heavy atom. The van der Waals surface area contributed by atoms with Crippen LogP contribution in [-0.4, -0.2) is 79.6 Å². The van der Waals surface area contributed by atoms with E-state index in [1.54, 1.807) is 22.7 Å². The van der Waals surface area contributed by atoms with Gasteiger partial charge in [-0.3, -0.25) is 14.4 Å². The van der Waals surface area contributed by atoms with Gasteiger partial charge in [0.25, 0.3) is 0 Å². The zero-order chi connectivity index (χ0) is 22.9. The molecule has 7 nitrogen and oxygen atoms in total. The summed E-state index contributed by atoms with van der Waals surface area (Å²) in [5.41, 5.74) is 0. The molecule has 2 unspecified atom stereocenters. The summed E-state index contributed by atoms with van der Waals surface area (Å²) in [5, 5.41) is 19.0. The second-order valence-corrected chi connectivity index (χ2v) is 11.4. The van der Waals surface area contributed by atoms with Crippen molar-refractivity contribution in [2.75, 3.05) is 19.7 Å². The monoisotopic (exact) mass is 464 g/mol. The lowest BCUT2D eigenvalue weighted by Gasteiger charge is -2.41. The summed E-state index contributed by atoms with van der Waals surface area (Å²) >= 11 is 1.60. The molecule has 8 heteroatoms. The molecule has 3 aliphatic heterocycles. The van der Waals surface area contributed by atoms with Crippen LogP contribution in [0, 0.1) is 11.8 Å². The molecule has 3 saturated heterocycles. The van der Waals surface area contributed by atoms with E-state index >= 15 is 0 Å². The number of unbranched alkanes of at least 4 members (excludes halogenated alkanes) is 2. The molecular weight excluding hydrogens is 428 g/mol. The summed E-state index contributed by atoms with van der Waals surface area (Å²) in [4.78, 5) is 43.6. The van der Waals surface area contributed by atoms with Gasteiger partial charge in [-0.05, 0) is 44.9 Å². The number of carboxylic acids is 1. The minimum Gasteiger partial charge on any atom is -0.481 e. The molecule has 0 aromatic rings. The van der Waals surface area contributed by atoms with E-state index in [-0.39, 0.29) is 29.7 Å². The Morgan fingerprint density at radius 2 is 1.94 bits per heavy atom. The van der Waals surface area contributed by atoms with Crippen molar-refractivity contribution in [2.45, 2.75) is 86.3 Å². The number of nitrogens with zero attached hydrogens (tertiary/aromatic N) is 2. The lowest BCUT2D eigenvalue weighted by molar-refractivity contribution is -0.148. The highest BCUT2D eigenvalue weighted by molar-refractivity contribution is 8.02.